The lowest BCUT2D eigenvalue weighted by atomic mass is 9.97. The van der Waals surface area contributed by atoms with Gasteiger partial charge in [-0.2, -0.15) is 0 Å². The van der Waals surface area contributed by atoms with Gasteiger partial charge in [0.05, 0.1) is 13.1 Å². The van der Waals surface area contributed by atoms with Gasteiger partial charge in [0.2, 0.25) is 0 Å². The minimum Gasteiger partial charge on any atom is -0.396 e. The number of quaternary nitrogens is 1. The van der Waals surface area contributed by atoms with E-state index in [-0.39, 0.29) is 0 Å². The van der Waals surface area contributed by atoms with Crippen LogP contribution in [0.3, 0.4) is 0 Å². The summed E-state index contributed by atoms with van der Waals surface area (Å²) >= 11 is 0. The van der Waals surface area contributed by atoms with Crippen molar-refractivity contribution in [2.24, 2.45) is 0 Å². The maximum Gasteiger partial charge on any atom is 0.0793 e. The molecule has 0 atom stereocenters. The molecule has 1 rings (SSSR count). The second-order valence-corrected chi connectivity index (χ2v) is 4.15. The maximum absolute atomic E-state index is 8.60. The van der Waals surface area contributed by atoms with E-state index in [9.17, 15) is 0 Å². The average molecular weight is 198 g/mol. The van der Waals surface area contributed by atoms with Crippen LogP contribution < -0.4 is 5.32 Å². The van der Waals surface area contributed by atoms with E-state index in [4.69, 9.17) is 5.11 Å². The van der Waals surface area contributed by atoms with Crippen molar-refractivity contribution in [3.8, 4) is 0 Å². The summed E-state index contributed by atoms with van der Waals surface area (Å²) in [5.74, 6) is 0. The first-order valence-corrected chi connectivity index (χ1v) is 6.04. The van der Waals surface area contributed by atoms with Crippen molar-refractivity contribution >= 4 is 0 Å². The van der Waals surface area contributed by atoms with Gasteiger partial charge in [-0.15, -0.1) is 0 Å². The predicted molar refractivity (Wildman–Crippen MR) is 59.1 cm³/mol. The second-order valence-electron chi connectivity index (χ2n) is 4.15. The Morgan fingerprint density at radius 3 is 2.86 bits per heavy atom. The lowest BCUT2D eigenvalue weighted by Gasteiger charge is -2.11. The zero-order valence-corrected chi connectivity index (χ0v) is 9.17. The highest BCUT2D eigenvalue weighted by Crippen LogP contribution is 2.18. The van der Waals surface area contributed by atoms with Crippen LogP contribution in [0.1, 0.15) is 44.9 Å². The number of allylic oxidation sites excluding steroid dienone is 1. The minimum absolute atomic E-state index is 0.346. The number of nitrogens with two attached hydrogens (primary N) is 1. The number of aliphatic hydroxyl groups is 1. The molecule has 0 amide bonds. The summed E-state index contributed by atoms with van der Waals surface area (Å²) in [7, 11) is 0. The Hall–Kier alpha value is -0.340. The molecule has 2 heteroatoms. The Balaban J connectivity index is 1.90. The smallest absolute Gasteiger partial charge is 0.0793 e. The third-order valence-electron chi connectivity index (χ3n) is 2.87. The van der Waals surface area contributed by atoms with Crippen molar-refractivity contribution in [3.05, 3.63) is 11.6 Å². The highest BCUT2D eigenvalue weighted by Gasteiger charge is 2.03. The molecule has 0 aromatic rings. The van der Waals surface area contributed by atoms with Gasteiger partial charge in [0.25, 0.3) is 0 Å². The fourth-order valence-electron chi connectivity index (χ4n) is 1.96. The summed E-state index contributed by atoms with van der Waals surface area (Å²) in [6.07, 6.45) is 11.3. The fourth-order valence-corrected chi connectivity index (χ4v) is 1.96. The van der Waals surface area contributed by atoms with E-state index in [2.05, 4.69) is 11.4 Å². The first kappa shape index (κ1) is 11.7. The van der Waals surface area contributed by atoms with E-state index in [1.54, 1.807) is 5.57 Å². The van der Waals surface area contributed by atoms with Crippen molar-refractivity contribution in [1.29, 1.82) is 0 Å². The van der Waals surface area contributed by atoms with Gasteiger partial charge >= 0.3 is 0 Å². The normalized spacial score (nSPS) is 16.8. The summed E-state index contributed by atoms with van der Waals surface area (Å²) in [4.78, 5) is 0. The van der Waals surface area contributed by atoms with Gasteiger partial charge in [-0.3, -0.25) is 0 Å². The number of hydrogen-bond acceptors (Lipinski definition) is 1. The molecule has 0 spiro atoms. The average Bonchev–Trinajstić information content (AvgIpc) is 2.25. The van der Waals surface area contributed by atoms with Crippen LogP contribution in [0.2, 0.25) is 0 Å². The molecule has 0 saturated carbocycles. The summed E-state index contributed by atoms with van der Waals surface area (Å²) in [5.41, 5.74) is 1.68. The molecule has 2 nitrogen and oxygen atoms in total. The third-order valence-corrected chi connectivity index (χ3v) is 2.87. The molecule has 0 heterocycles. The first-order valence-electron chi connectivity index (χ1n) is 6.04. The van der Waals surface area contributed by atoms with Crippen LogP contribution in [0.4, 0.5) is 0 Å². The quantitative estimate of drug-likeness (QED) is 0.468. The van der Waals surface area contributed by atoms with Crippen molar-refractivity contribution < 1.29 is 10.4 Å². The highest BCUT2D eigenvalue weighted by atomic mass is 16.2. The zero-order valence-electron chi connectivity index (χ0n) is 9.17. The molecule has 0 aromatic carbocycles. The molecule has 0 radical (unpaired) electrons. The molecule has 0 bridgehead atoms. The summed E-state index contributed by atoms with van der Waals surface area (Å²) in [5, 5.41) is 11.0. The Kier molecular flexibility index (Phi) is 6.71. The van der Waals surface area contributed by atoms with E-state index < -0.39 is 0 Å². The zero-order chi connectivity index (χ0) is 10.1. The van der Waals surface area contributed by atoms with E-state index in [1.165, 1.54) is 45.2 Å². The van der Waals surface area contributed by atoms with Gasteiger partial charge in [-0.1, -0.05) is 11.6 Å². The van der Waals surface area contributed by atoms with Gasteiger partial charge in [-0.25, -0.2) is 0 Å². The molecule has 3 N–H and O–H groups in total. The molecule has 1 aliphatic carbocycles. The first-order chi connectivity index (χ1) is 6.93. The Morgan fingerprint density at radius 2 is 2.14 bits per heavy atom. The van der Waals surface area contributed by atoms with Gasteiger partial charge in [0, 0.05) is 13.0 Å². The van der Waals surface area contributed by atoms with Crippen LogP contribution in [-0.4, -0.2) is 24.8 Å². The van der Waals surface area contributed by atoms with Crippen LogP contribution in [-0.2, 0) is 0 Å². The number of unbranched alkanes of at least 4 members (excludes halogenated alkanes) is 1. The van der Waals surface area contributed by atoms with Gasteiger partial charge in [0.1, 0.15) is 0 Å². The predicted octanol–water partition coefficient (Wildman–Crippen LogP) is 1.21. The highest BCUT2D eigenvalue weighted by molar-refractivity contribution is 5.04. The van der Waals surface area contributed by atoms with Crippen molar-refractivity contribution in [2.75, 3.05) is 19.7 Å². The molecule has 82 valence electrons. The molecule has 0 fully saturated rings. The lowest BCUT2D eigenvalue weighted by Crippen LogP contribution is -2.84. The topological polar surface area (TPSA) is 36.8 Å². The van der Waals surface area contributed by atoms with E-state index >= 15 is 0 Å². The lowest BCUT2D eigenvalue weighted by molar-refractivity contribution is -0.654. The van der Waals surface area contributed by atoms with Crippen LogP contribution in [0.5, 0.6) is 0 Å². The minimum atomic E-state index is 0.346. The monoisotopic (exact) mass is 198 g/mol. The Morgan fingerprint density at radius 1 is 1.21 bits per heavy atom. The molecule has 0 aliphatic heterocycles. The summed E-state index contributed by atoms with van der Waals surface area (Å²) in [6.45, 7) is 2.75. The van der Waals surface area contributed by atoms with Gasteiger partial charge in [-0.05, 0) is 38.5 Å². The standard InChI is InChI=1S/C12H23NO/c14-11-5-4-9-13-10-8-12-6-2-1-3-7-12/h6,13-14H,1-5,7-11H2/p+1. The number of aliphatic hydroxyl groups excluding tert-OH is 1. The van der Waals surface area contributed by atoms with E-state index in [0.717, 1.165) is 12.8 Å². The van der Waals surface area contributed by atoms with E-state index in [0.29, 0.717) is 6.61 Å². The Bertz CT molecular complexity index is 166. The molecule has 0 saturated heterocycles. The largest absolute Gasteiger partial charge is 0.396 e. The van der Waals surface area contributed by atoms with Crippen molar-refractivity contribution in [3.63, 3.8) is 0 Å². The van der Waals surface area contributed by atoms with E-state index in [1.807, 2.05) is 0 Å². The Labute approximate surface area is 87.4 Å². The molecular weight excluding hydrogens is 174 g/mol. The van der Waals surface area contributed by atoms with Crippen LogP contribution >= 0.6 is 0 Å². The molecule has 0 aromatic heterocycles. The molecule has 0 unspecified atom stereocenters. The second kappa shape index (κ2) is 8.01. The SMILES string of the molecule is OCCCC[NH2+]CCC1=CCCCC1. The molecule has 1 aliphatic rings. The van der Waals surface area contributed by atoms with Crippen LogP contribution in [0, 0.1) is 0 Å². The summed E-state index contributed by atoms with van der Waals surface area (Å²) in [6, 6.07) is 0. The molecular formula is C12H24NO+. The maximum atomic E-state index is 8.60. The van der Waals surface area contributed by atoms with Gasteiger partial charge in [0.15, 0.2) is 0 Å². The van der Waals surface area contributed by atoms with Crippen molar-refractivity contribution in [2.45, 2.75) is 44.9 Å². The number of rotatable bonds is 7. The van der Waals surface area contributed by atoms with Crippen LogP contribution in [0.15, 0.2) is 11.6 Å². The number of hydrogen-bond donors (Lipinski definition) is 2. The molecule has 14 heavy (non-hydrogen) atoms. The third kappa shape index (κ3) is 5.40. The fraction of sp³-hybridized carbons (Fsp3) is 0.833. The van der Waals surface area contributed by atoms with Crippen molar-refractivity contribution in [1.82, 2.24) is 0 Å². The van der Waals surface area contributed by atoms with Crippen LogP contribution in [0.25, 0.3) is 0 Å². The van der Waals surface area contributed by atoms with Gasteiger partial charge < -0.3 is 10.4 Å². The summed E-state index contributed by atoms with van der Waals surface area (Å²) < 4.78 is 0.